The van der Waals surface area contributed by atoms with Crippen molar-refractivity contribution in [2.75, 3.05) is 6.54 Å². The van der Waals surface area contributed by atoms with E-state index in [4.69, 9.17) is 0 Å². The topological polar surface area (TPSA) is 46.2 Å². The normalized spacial score (nSPS) is 26.1. The Hall–Kier alpha value is -1.64. The number of carbonyl (C=O) groups is 2. The molecule has 1 aliphatic carbocycles. The predicted molar refractivity (Wildman–Crippen MR) is 64.1 cm³/mol. The van der Waals surface area contributed by atoms with Crippen LogP contribution in [0, 0.1) is 11.8 Å². The minimum Gasteiger partial charge on any atom is -0.352 e. The number of rotatable bonds is 2. The molecule has 3 rings (SSSR count). The van der Waals surface area contributed by atoms with E-state index in [1.165, 1.54) is 0 Å². The van der Waals surface area contributed by atoms with Gasteiger partial charge in [-0.3, -0.25) is 9.59 Å². The molecule has 1 aliphatic heterocycles. The Morgan fingerprint density at radius 1 is 1.41 bits per heavy atom. The maximum absolute atomic E-state index is 12.1. The van der Waals surface area contributed by atoms with Gasteiger partial charge in [-0.05, 0) is 30.4 Å². The Balaban J connectivity index is 1.94. The van der Waals surface area contributed by atoms with Gasteiger partial charge >= 0.3 is 0 Å². The van der Waals surface area contributed by atoms with Gasteiger partial charge in [0.15, 0.2) is 5.78 Å². The van der Waals surface area contributed by atoms with Crippen LogP contribution in [-0.2, 0) is 6.42 Å². The number of amides is 1. The molecule has 17 heavy (non-hydrogen) atoms. The SMILES string of the molecule is CC1CC1C(=O)c1ccc2c(c1)C(=O)NCC2. The number of benzene rings is 1. The van der Waals surface area contributed by atoms with Gasteiger partial charge in [0.05, 0.1) is 0 Å². The zero-order chi connectivity index (χ0) is 12.0. The Morgan fingerprint density at radius 2 is 2.18 bits per heavy atom. The predicted octanol–water partition coefficient (Wildman–Crippen LogP) is 1.81. The Labute approximate surface area is 100 Å². The van der Waals surface area contributed by atoms with Crippen LogP contribution in [0.2, 0.25) is 0 Å². The highest BCUT2D eigenvalue weighted by atomic mass is 16.1. The van der Waals surface area contributed by atoms with Crippen molar-refractivity contribution in [1.82, 2.24) is 5.32 Å². The lowest BCUT2D eigenvalue weighted by Gasteiger charge is -2.16. The molecule has 0 spiro atoms. The molecule has 1 fully saturated rings. The number of nitrogens with one attached hydrogen (secondary N) is 1. The number of ketones is 1. The van der Waals surface area contributed by atoms with Crippen molar-refractivity contribution in [3.05, 3.63) is 34.9 Å². The maximum atomic E-state index is 12.1. The molecular weight excluding hydrogens is 214 g/mol. The average Bonchev–Trinajstić information content (AvgIpc) is 3.06. The monoisotopic (exact) mass is 229 g/mol. The average molecular weight is 229 g/mol. The molecule has 1 saturated carbocycles. The highest BCUT2D eigenvalue weighted by Gasteiger charge is 2.39. The van der Waals surface area contributed by atoms with Gasteiger partial charge < -0.3 is 5.32 Å². The summed E-state index contributed by atoms with van der Waals surface area (Å²) >= 11 is 0. The first-order chi connectivity index (χ1) is 8.16. The summed E-state index contributed by atoms with van der Waals surface area (Å²) in [5.74, 6) is 0.829. The molecule has 88 valence electrons. The van der Waals surface area contributed by atoms with E-state index < -0.39 is 0 Å². The third-order valence-electron chi connectivity index (χ3n) is 3.77. The van der Waals surface area contributed by atoms with Crippen molar-refractivity contribution in [1.29, 1.82) is 0 Å². The first-order valence-corrected chi connectivity index (χ1v) is 6.12. The first kappa shape index (κ1) is 10.5. The molecule has 0 radical (unpaired) electrons. The van der Waals surface area contributed by atoms with Crippen LogP contribution in [0.5, 0.6) is 0 Å². The summed E-state index contributed by atoms with van der Waals surface area (Å²) in [5, 5.41) is 2.81. The zero-order valence-corrected chi connectivity index (χ0v) is 9.82. The second-order valence-corrected chi connectivity index (χ2v) is 5.06. The fourth-order valence-corrected chi connectivity index (χ4v) is 2.47. The lowest BCUT2D eigenvalue weighted by Crippen LogP contribution is -2.32. The standard InChI is InChI=1S/C14H15NO2/c1-8-6-11(8)13(16)10-3-2-9-4-5-15-14(17)12(9)7-10/h2-3,7-8,11H,4-6H2,1H3,(H,15,17). The van der Waals surface area contributed by atoms with E-state index >= 15 is 0 Å². The summed E-state index contributed by atoms with van der Waals surface area (Å²) < 4.78 is 0. The number of hydrogen-bond donors (Lipinski definition) is 1. The van der Waals surface area contributed by atoms with Gasteiger partial charge in [-0.25, -0.2) is 0 Å². The lowest BCUT2D eigenvalue weighted by atomic mass is 9.95. The van der Waals surface area contributed by atoms with E-state index in [1.54, 1.807) is 6.07 Å². The van der Waals surface area contributed by atoms with Crippen LogP contribution in [0.25, 0.3) is 0 Å². The fraction of sp³-hybridized carbons (Fsp3) is 0.429. The number of hydrogen-bond acceptors (Lipinski definition) is 2. The molecule has 1 aromatic rings. The molecule has 1 heterocycles. The second kappa shape index (κ2) is 3.69. The van der Waals surface area contributed by atoms with Crippen LogP contribution < -0.4 is 5.32 Å². The van der Waals surface area contributed by atoms with Crippen LogP contribution in [0.4, 0.5) is 0 Å². The number of fused-ring (bicyclic) bond motifs is 1. The highest BCUT2D eigenvalue weighted by Crippen LogP contribution is 2.40. The zero-order valence-electron chi connectivity index (χ0n) is 9.82. The molecule has 0 bridgehead atoms. The van der Waals surface area contributed by atoms with Crippen molar-refractivity contribution in [2.24, 2.45) is 11.8 Å². The van der Waals surface area contributed by atoms with Gasteiger partial charge in [-0.1, -0.05) is 19.1 Å². The Morgan fingerprint density at radius 3 is 2.88 bits per heavy atom. The Bertz CT molecular complexity index is 507. The van der Waals surface area contributed by atoms with Gasteiger partial charge in [0, 0.05) is 23.6 Å². The van der Waals surface area contributed by atoms with Crippen molar-refractivity contribution in [2.45, 2.75) is 19.8 Å². The molecule has 3 heteroatoms. The van der Waals surface area contributed by atoms with E-state index in [-0.39, 0.29) is 17.6 Å². The third-order valence-corrected chi connectivity index (χ3v) is 3.77. The summed E-state index contributed by atoms with van der Waals surface area (Å²) in [6.07, 6.45) is 1.84. The molecule has 2 aliphatic rings. The summed E-state index contributed by atoms with van der Waals surface area (Å²) in [5.41, 5.74) is 2.42. The summed E-state index contributed by atoms with van der Waals surface area (Å²) in [6, 6.07) is 5.55. The summed E-state index contributed by atoms with van der Waals surface area (Å²) in [4.78, 5) is 23.8. The smallest absolute Gasteiger partial charge is 0.251 e. The minimum absolute atomic E-state index is 0.0512. The minimum atomic E-state index is -0.0512. The molecule has 0 aromatic heterocycles. The van der Waals surface area contributed by atoms with Crippen LogP contribution in [0.15, 0.2) is 18.2 Å². The maximum Gasteiger partial charge on any atom is 0.251 e. The van der Waals surface area contributed by atoms with Gasteiger partial charge in [0.1, 0.15) is 0 Å². The second-order valence-electron chi connectivity index (χ2n) is 5.06. The van der Waals surface area contributed by atoms with Crippen molar-refractivity contribution >= 4 is 11.7 Å². The molecule has 2 atom stereocenters. The van der Waals surface area contributed by atoms with Gasteiger partial charge in [-0.15, -0.1) is 0 Å². The quantitative estimate of drug-likeness (QED) is 0.786. The largest absolute Gasteiger partial charge is 0.352 e. The summed E-state index contributed by atoms with van der Waals surface area (Å²) in [7, 11) is 0. The molecule has 1 amide bonds. The van der Waals surface area contributed by atoms with E-state index in [0.29, 0.717) is 23.6 Å². The van der Waals surface area contributed by atoms with E-state index in [2.05, 4.69) is 12.2 Å². The highest BCUT2D eigenvalue weighted by molar-refractivity contribution is 6.03. The molecule has 1 N–H and O–H groups in total. The van der Waals surface area contributed by atoms with Gasteiger partial charge in [0.2, 0.25) is 0 Å². The number of Topliss-reactive ketones (excluding diaryl/α,β-unsaturated/α-hetero) is 1. The Kier molecular flexibility index (Phi) is 2.28. The molecule has 0 saturated heterocycles. The number of carbonyl (C=O) groups excluding carboxylic acids is 2. The molecule has 2 unspecified atom stereocenters. The van der Waals surface area contributed by atoms with E-state index in [1.807, 2.05) is 12.1 Å². The van der Waals surface area contributed by atoms with Crippen molar-refractivity contribution < 1.29 is 9.59 Å². The first-order valence-electron chi connectivity index (χ1n) is 6.12. The van der Waals surface area contributed by atoms with Crippen LogP contribution in [0.1, 0.15) is 39.6 Å². The van der Waals surface area contributed by atoms with Crippen LogP contribution in [-0.4, -0.2) is 18.2 Å². The third kappa shape index (κ3) is 1.75. The van der Waals surface area contributed by atoms with Crippen LogP contribution >= 0.6 is 0 Å². The van der Waals surface area contributed by atoms with E-state index in [0.717, 1.165) is 18.4 Å². The summed E-state index contributed by atoms with van der Waals surface area (Å²) in [6.45, 7) is 2.78. The van der Waals surface area contributed by atoms with Gasteiger partial charge in [0.25, 0.3) is 5.91 Å². The molecule has 1 aromatic carbocycles. The van der Waals surface area contributed by atoms with Crippen molar-refractivity contribution in [3.63, 3.8) is 0 Å². The fourth-order valence-electron chi connectivity index (χ4n) is 2.47. The molecule has 3 nitrogen and oxygen atoms in total. The lowest BCUT2D eigenvalue weighted by molar-refractivity contribution is 0.0946. The van der Waals surface area contributed by atoms with E-state index in [9.17, 15) is 9.59 Å². The van der Waals surface area contributed by atoms with Crippen LogP contribution in [0.3, 0.4) is 0 Å². The van der Waals surface area contributed by atoms with Crippen molar-refractivity contribution in [3.8, 4) is 0 Å². The van der Waals surface area contributed by atoms with Gasteiger partial charge in [-0.2, -0.15) is 0 Å². The molecular formula is C14H15NO2.